The van der Waals surface area contributed by atoms with E-state index in [-0.39, 0.29) is 18.2 Å². The Bertz CT molecular complexity index is 628. The number of amides is 1. The SMILES string of the molecule is N#Cc1ccc(C(=O)Nc2ccc(CCO)cc2)nc1. The van der Waals surface area contributed by atoms with Gasteiger partial charge >= 0.3 is 0 Å². The number of hydrogen-bond donors (Lipinski definition) is 2. The van der Waals surface area contributed by atoms with Crippen LogP contribution in [0.4, 0.5) is 5.69 Å². The van der Waals surface area contributed by atoms with Crippen molar-refractivity contribution in [1.29, 1.82) is 5.26 Å². The van der Waals surface area contributed by atoms with Crippen LogP contribution in [0.25, 0.3) is 0 Å². The Morgan fingerprint density at radius 2 is 2.00 bits per heavy atom. The molecule has 0 aliphatic rings. The first-order chi connectivity index (χ1) is 9.72. The van der Waals surface area contributed by atoms with E-state index in [4.69, 9.17) is 10.4 Å². The fourth-order valence-electron chi connectivity index (χ4n) is 1.67. The summed E-state index contributed by atoms with van der Waals surface area (Å²) in [5, 5.41) is 20.2. The summed E-state index contributed by atoms with van der Waals surface area (Å²) in [4.78, 5) is 15.9. The highest BCUT2D eigenvalue weighted by Gasteiger charge is 2.07. The number of aromatic nitrogens is 1. The van der Waals surface area contributed by atoms with Crippen molar-refractivity contribution in [2.75, 3.05) is 11.9 Å². The van der Waals surface area contributed by atoms with Crippen molar-refractivity contribution in [3.8, 4) is 6.07 Å². The van der Waals surface area contributed by atoms with E-state index in [2.05, 4.69) is 10.3 Å². The normalized spacial score (nSPS) is 9.80. The average Bonchev–Trinajstić information content (AvgIpc) is 2.49. The lowest BCUT2D eigenvalue weighted by atomic mass is 10.1. The molecule has 0 unspecified atom stereocenters. The van der Waals surface area contributed by atoms with Crippen LogP contribution in [0, 0.1) is 11.3 Å². The summed E-state index contributed by atoms with van der Waals surface area (Å²) in [5.74, 6) is -0.329. The topological polar surface area (TPSA) is 86.0 Å². The van der Waals surface area contributed by atoms with Crippen LogP contribution in [0.3, 0.4) is 0 Å². The largest absolute Gasteiger partial charge is 0.396 e. The lowest BCUT2D eigenvalue weighted by Gasteiger charge is -2.05. The molecule has 1 amide bonds. The van der Waals surface area contributed by atoms with Gasteiger partial charge in [0, 0.05) is 18.5 Å². The number of benzene rings is 1. The fourth-order valence-corrected chi connectivity index (χ4v) is 1.67. The molecular weight excluding hydrogens is 254 g/mol. The second-order valence-corrected chi connectivity index (χ2v) is 4.17. The Balaban J connectivity index is 2.05. The Kier molecular flexibility index (Phi) is 4.43. The van der Waals surface area contributed by atoms with Gasteiger partial charge in [-0.15, -0.1) is 0 Å². The van der Waals surface area contributed by atoms with E-state index >= 15 is 0 Å². The molecule has 0 aliphatic carbocycles. The lowest BCUT2D eigenvalue weighted by molar-refractivity contribution is 0.102. The number of aliphatic hydroxyl groups is 1. The Labute approximate surface area is 116 Å². The highest BCUT2D eigenvalue weighted by molar-refractivity contribution is 6.02. The standard InChI is InChI=1S/C15H13N3O2/c16-9-12-3-6-14(17-10-12)15(20)18-13-4-1-11(2-5-13)7-8-19/h1-6,10,19H,7-8H2,(H,18,20). The molecule has 0 aliphatic heterocycles. The minimum Gasteiger partial charge on any atom is -0.396 e. The van der Waals surface area contributed by atoms with Crippen LogP contribution in [0.5, 0.6) is 0 Å². The Hall–Kier alpha value is -2.71. The molecule has 2 aromatic rings. The number of carbonyl (C=O) groups is 1. The molecule has 5 nitrogen and oxygen atoms in total. The van der Waals surface area contributed by atoms with Gasteiger partial charge in [0.05, 0.1) is 5.56 Å². The third-order valence-corrected chi connectivity index (χ3v) is 2.74. The minimum absolute atomic E-state index is 0.0981. The number of aliphatic hydroxyl groups excluding tert-OH is 1. The molecule has 2 N–H and O–H groups in total. The molecule has 0 spiro atoms. The first kappa shape index (κ1) is 13.7. The van der Waals surface area contributed by atoms with Gasteiger partial charge in [-0.3, -0.25) is 4.79 Å². The molecule has 20 heavy (non-hydrogen) atoms. The van der Waals surface area contributed by atoms with Crippen LogP contribution in [0.15, 0.2) is 42.6 Å². The Morgan fingerprint density at radius 3 is 2.55 bits per heavy atom. The molecule has 100 valence electrons. The third kappa shape index (κ3) is 3.40. The van der Waals surface area contributed by atoms with Gasteiger partial charge in [0.25, 0.3) is 5.91 Å². The predicted octanol–water partition coefficient (Wildman–Crippen LogP) is 1.74. The Morgan fingerprint density at radius 1 is 1.25 bits per heavy atom. The number of hydrogen-bond acceptors (Lipinski definition) is 4. The van der Waals surface area contributed by atoms with Crippen molar-refractivity contribution < 1.29 is 9.90 Å². The first-order valence-electron chi connectivity index (χ1n) is 6.10. The predicted molar refractivity (Wildman–Crippen MR) is 74.1 cm³/mol. The molecule has 5 heteroatoms. The van der Waals surface area contributed by atoms with Gasteiger partial charge in [-0.25, -0.2) is 4.98 Å². The van der Waals surface area contributed by atoms with Gasteiger partial charge in [0.2, 0.25) is 0 Å². The second kappa shape index (κ2) is 6.45. The summed E-state index contributed by atoms with van der Waals surface area (Å²) >= 11 is 0. The minimum atomic E-state index is -0.329. The van der Waals surface area contributed by atoms with Crippen molar-refractivity contribution in [1.82, 2.24) is 4.98 Å². The van der Waals surface area contributed by atoms with E-state index in [1.807, 2.05) is 18.2 Å². The second-order valence-electron chi connectivity index (χ2n) is 4.17. The van der Waals surface area contributed by atoms with Crippen LogP contribution >= 0.6 is 0 Å². The van der Waals surface area contributed by atoms with Crippen molar-refractivity contribution >= 4 is 11.6 Å². The summed E-state index contributed by atoms with van der Waals surface area (Å²) < 4.78 is 0. The molecule has 2 rings (SSSR count). The third-order valence-electron chi connectivity index (χ3n) is 2.74. The van der Waals surface area contributed by atoms with Gasteiger partial charge in [-0.1, -0.05) is 12.1 Å². The fraction of sp³-hybridized carbons (Fsp3) is 0.133. The van der Waals surface area contributed by atoms with Crippen molar-refractivity contribution in [2.45, 2.75) is 6.42 Å². The smallest absolute Gasteiger partial charge is 0.274 e. The number of nitrogens with one attached hydrogen (secondary N) is 1. The maximum Gasteiger partial charge on any atom is 0.274 e. The summed E-state index contributed by atoms with van der Waals surface area (Å²) in [6, 6.07) is 12.2. The molecule has 0 bridgehead atoms. The van der Waals surface area contributed by atoms with E-state index in [1.54, 1.807) is 18.2 Å². The zero-order chi connectivity index (χ0) is 14.4. The monoisotopic (exact) mass is 267 g/mol. The molecule has 0 fully saturated rings. The highest BCUT2D eigenvalue weighted by atomic mass is 16.2. The zero-order valence-electron chi connectivity index (χ0n) is 10.7. The van der Waals surface area contributed by atoms with E-state index in [0.29, 0.717) is 17.7 Å². The maximum atomic E-state index is 11.9. The van der Waals surface area contributed by atoms with Crippen LogP contribution in [0.2, 0.25) is 0 Å². The summed E-state index contributed by atoms with van der Waals surface area (Å²) in [7, 11) is 0. The molecule has 0 radical (unpaired) electrons. The molecule has 1 heterocycles. The van der Waals surface area contributed by atoms with E-state index in [0.717, 1.165) is 5.56 Å². The van der Waals surface area contributed by atoms with Gasteiger partial charge < -0.3 is 10.4 Å². The number of nitrogens with zero attached hydrogens (tertiary/aromatic N) is 2. The van der Waals surface area contributed by atoms with Crippen LogP contribution < -0.4 is 5.32 Å². The first-order valence-corrected chi connectivity index (χ1v) is 6.10. The van der Waals surface area contributed by atoms with Gasteiger partial charge in [0.1, 0.15) is 11.8 Å². The highest BCUT2D eigenvalue weighted by Crippen LogP contribution is 2.11. The zero-order valence-corrected chi connectivity index (χ0v) is 10.7. The van der Waals surface area contributed by atoms with Crippen molar-refractivity contribution in [2.24, 2.45) is 0 Å². The molecule has 1 aromatic heterocycles. The van der Waals surface area contributed by atoms with E-state index < -0.39 is 0 Å². The average molecular weight is 267 g/mol. The number of anilines is 1. The van der Waals surface area contributed by atoms with Crippen molar-refractivity contribution in [3.05, 3.63) is 59.4 Å². The molecule has 0 atom stereocenters. The van der Waals surface area contributed by atoms with Crippen LogP contribution in [-0.4, -0.2) is 22.6 Å². The van der Waals surface area contributed by atoms with Crippen LogP contribution in [0.1, 0.15) is 21.6 Å². The number of nitriles is 1. The van der Waals surface area contributed by atoms with Crippen LogP contribution in [-0.2, 0) is 6.42 Å². The molecule has 1 aromatic carbocycles. The number of pyridine rings is 1. The number of rotatable bonds is 4. The molecule has 0 saturated carbocycles. The molecule has 0 saturated heterocycles. The summed E-state index contributed by atoms with van der Waals surface area (Å²) in [6.07, 6.45) is 1.95. The van der Waals surface area contributed by atoms with Crippen molar-refractivity contribution in [3.63, 3.8) is 0 Å². The van der Waals surface area contributed by atoms with Gasteiger partial charge in [-0.2, -0.15) is 5.26 Å². The van der Waals surface area contributed by atoms with E-state index in [9.17, 15) is 4.79 Å². The summed E-state index contributed by atoms with van der Waals surface area (Å²) in [5.41, 5.74) is 2.32. The lowest BCUT2D eigenvalue weighted by Crippen LogP contribution is -2.13. The van der Waals surface area contributed by atoms with E-state index in [1.165, 1.54) is 12.3 Å². The molecular formula is C15H13N3O2. The van der Waals surface area contributed by atoms with Gasteiger partial charge in [-0.05, 0) is 36.2 Å². The van der Waals surface area contributed by atoms with Gasteiger partial charge in [0.15, 0.2) is 0 Å². The maximum absolute atomic E-state index is 11.9. The summed E-state index contributed by atoms with van der Waals surface area (Å²) in [6.45, 7) is 0.0981. The number of carbonyl (C=O) groups excluding carboxylic acids is 1. The quantitative estimate of drug-likeness (QED) is 0.883.